The SMILES string of the molecule is CCOC1CC(Nc2ccccc2N(C)C)C1(C)C. The molecule has 1 aliphatic carbocycles. The molecule has 0 heterocycles. The Kier molecular flexibility index (Phi) is 4.04. The summed E-state index contributed by atoms with van der Waals surface area (Å²) < 4.78 is 5.79. The van der Waals surface area contributed by atoms with Crippen LogP contribution in [0.3, 0.4) is 0 Å². The normalized spacial score (nSPS) is 24.7. The fourth-order valence-corrected chi connectivity index (χ4v) is 2.79. The van der Waals surface area contributed by atoms with E-state index in [9.17, 15) is 0 Å². The Labute approximate surface area is 116 Å². The number of anilines is 2. The van der Waals surface area contributed by atoms with Crippen molar-refractivity contribution in [3.05, 3.63) is 24.3 Å². The van der Waals surface area contributed by atoms with E-state index in [1.165, 1.54) is 11.4 Å². The Hall–Kier alpha value is -1.22. The van der Waals surface area contributed by atoms with Crippen LogP contribution in [0.5, 0.6) is 0 Å². The predicted molar refractivity (Wildman–Crippen MR) is 82.0 cm³/mol. The first kappa shape index (κ1) is 14.2. The van der Waals surface area contributed by atoms with Crippen molar-refractivity contribution in [1.29, 1.82) is 0 Å². The molecule has 19 heavy (non-hydrogen) atoms. The first-order chi connectivity index (χ1) is 8.96. The summed E-state index contributed by atoms with van der Waals surface area (Å²) >= 11 is 0. The second-order valence-electron chi connectivity index (χ2n) is 6.11. The van der Waals surface area contributed by atoms with Crippen LogP contribution in [0.1, 0.15) is 27.2 Å². The van der Waals surface area contributed by atoms with Crippen molar-refractivity contribution in [1.82, 2.24) is 0 Å². The summed E-state index contributed by atoms with van der Waals surface area (Å²) in [7, 11) is 4.16. The highest BCUT2D eigenvalue weighted by molar-refractivity contribution is 5.70. The van der Waals surface area contributed by atoms with Crippen LogP contribution in [0.15, 0.2) is 24.3 Å². The average Bonchev–Trinajstić information content (AvgIpc) is 2.38. The monoisotopic (exact) mass is 262 g/mol. The average molecular weight is 262 g/mol. The van der Waals surface area contributed by atoms with Gasteiger partial charge in [-0.15, -0.1) is 0 Å². The van der Waals surface area contributed by atoms with E-state index in [-0.39, 0.29) is 5.41 Å². The molecular formula is C16H26N2O. The predicted octanol–water partition coefficient (Wildman–Crippen LogP) is 3.37. The van der Waals surface area contributed by atoms with Crippen molar-refractivity contribution in [2.24, 2.45) is 5.41 Å². The topological polar surface area (TPSA) is 24.5 Å². The Bertz CT molecular complexity index is 429. The van der Waals surface area contributed by atoms with Gasteiger partial charge in [-0.05, 0) is 25.5 Å². The number of ether oxygens (including phenoxy) is 1. The maximum atomic E-state index is 5.79. The highest BCUT2D eigenvalue weighted by Gasteiger charge is 2.49. The summed E-state index contributed by atoms with van der Waals surface area (Å²) in [4.78, 5) is 2.15. The molecule has 1 aromatic carbocycles. The Balaban J connectivity index is 2.07. The van der Waals surface area contributed by atoms with Crippen molar-refractivity contribution in [2.75, 3.05) is 30.9 Å². The fourth-order valence-electron chi connectivity index (χ4n) is 2.79. The molecule has 0 spiro atoms. The quantitative estimate of drug-likeness (QED) is 0.880. The van der Waals surface area contributed by atoms with Gasteiger partial charge in [-0.3, -0.25) is 0 Å². The number of benzene rings is 1. The summed E-state index contributed by atoms with van der Waals surface area (Å²) in [6.45, 7) is 7.44. The second-order valence-corrected chi connectivity index (χ2v) is 6.11. The molecule has 3 heteroatoms. The molecule has 2 rings (SSSR count). The van der Waals surface area contributed by atoms with Crippen LogP contribution < -0.4 is 10.2 Å². The van der Waals surface area contributed by atoms with E-state index in [0.29, 0.717) is 12.1 Å². The van der Waals surface area contributed by atoms with E-state index >= 15 is 0 Å². The summed E-state index contributed by atoms with van der Waals surface area (Å²) in [5.74, 6) is 0. The Morgan fingerprint density at radius 3 is 2.58 bits per heavy atom. The molecule has 1 aliphatic rings. The van der Waals surface area contributed by atoms with Crippen molar-refractivity contribution >= 4 is 11.4 Å². The molecule has 2 unspecified atom stereocenters. The van der Waals surface area contributed by atoms with Gasteiger partial charge >= 0.3 is 0 Å². The van der Waals surface area contributed by atoms with E-state index in [4.69, 9.17) is 4.74 Å². The number of para-hydroxylation sites is 2. The lowest BCUT2D eigenvalue weighted by Gasteiger charge is -2.52. The van der Waals surface area contributed by atoms with Gasteiger partial charge in [-0.2, -0.15) is 0 Å². The summed E-state index contributed by atoms with van der Waals surface area (Å²) in [6.07, 6.45) is 1.46. The largest absolute Gasteiger partial charge is 0.380 e. The van der Waals surface area contributed by atoms with Gasteiger partial charge in [-0.1, -0.05) is 26.0 Å². The summed E-state index contributed by atoms with van der Waals surface area (Å²) in [5.41, 5.74) is 2.63. The van der Waals surface area contributed by atoms with Gasteiger partial charge in [0.25, 0.3) is 0 Å². The van der Waals surface area contributed by atoms with E-state index in [0.717, 1.165) is 13.0 Å². The van der Waals surface area contributed by atoms with Crippen LogP contribution in [-0.2, 0) is 4.74 Å². The summed E-state index contributed by atoms with van der Waals surface area (Å²) in [6, 6.07) is 8.94. The molecule has 0 bridgehead atoms. The zero-order valence-electron chi connectivity index (χ0n) is 12.7. The standard InChI is InChI=1S/C16H26N2O/c1-6-19-15-11-14(16(15,2)3)17-12-9-7-8-10-13(12)18(4)5/h7-10,14-15,17H,6,11H2,1-5H3. The minimum atomic E-state index is 0.190. The summed E-state index contributed by atoms with van der Waals surface area (Å²) in [5, 5.41) is 3.69. The number of rotatable bonds is 5. The van der Waals surface area contributed by atoms with Crippen LogP contribution in [-0.4, -0.2) is 32.8 Å². The number of nitrogens with one attached hydrogen (secondary N) is 1. The molecule has 1 aromatic rings. The van der Waals surface area contributed by atoms with Crippen molar-refractivity contribution in [3.63, 3.8) is 0 Å². The second kappa shape index (κ2) is 5.41. The lowest BCUT2D eigenvalue weighted by Crippen LogP contribution is -2.58. The molecule has 3 nitrogen and oxygen atoms in total. The molecule has 0 aromatic heterocycles. The van der Waals surface area contributed by atoms with Gasteiger partial charge < -0.3 is 15.0 Å². The van der Waals surface area contributed by atoms with Crippen LogP contribution >= 0.6 is 0 Å². The third-order valence-electron chi connectivity index (χ3n) is 4.26. The zero-order valence-corrected chi connectivity index (χ0v) is 12.7. The molecule has 1 fully saturated rings. The molecule has 2 atom stereocenters. The van der Waals surface area contributed by atoms with Crippen molar-refractivity contribution in [3.8, 4) is 0 Å². The molecular weight excluding hydrogens is 236 g/mol. The van der Waals surface area contributed by atoms with E-state index in [2.05, 4.69) is 69.3 Å². The number of hydrogen-bond acceptors (Lipinski definition) is 3. The third-order valence-corrected chi connectivity index (χ3v) is 4.26. The van der Waals surface area contributed by atoms with Crippen LogP contribution in [0.25, 0.3) is 0 Å². The van der Waals surface area contributed by atoms with Gasteiger partial charge in [-0.25, -0.2) is 0 Å². The van der Waals surface area contributed by atoms with Gasteiger partial charge in [0, 0.05) is 32.2 Å². The van der Waals surface area contributed by atoms with Gasteiger partial charge in [0.15, 0.2) is 0 Å². The first-order valence-electron chi connectivity index (χ1n) is 7.11. The number of nitrogens with zero attached hydrogens (tertiary/aromatic N) is 1. The lowest BCUT2D eigenvalue weighted by atomic mass is 9.64. The molecule has 106 valence electrons. The van der Waals surface area contributed by atoms with Crippen LogP contribution in [0, 0.1) is 5.41 Å². The highest BCUT2D eigenvalue weighted by Crippen LogP contribution is 2.45. The Morgan fingerprint density at radius 2 is 2.00 bits per heavy atom. The van der Waals surface area contributed by atoms with Gasteiger partial charge in [0.1, 0.15) is 0 Å². The lowest BCUT2D eigenvalue weighted by molar-refractivity contribution is -0.0975. The maximum Gasteiger partial charge on any atom is 0.0665 e. The molecule has 0 amide bonds. The molecule has 0 radical (unpaired) electrons. The van der Waals surface area contributed by atoms with Crippen LogP contribution in [0.4, 0.5) is 11.4 Å². The minimum absolute atomic E-state index is 0.190. The minimum Gasteiger partial charge on any atom is -0.380 e. The van der Waals surface area contributed by atoms with Crippen LogP contribution in [0.2, 0.25) is 0 Å². The van der Waals surface area contributed by atoms with Gasteiger partial charge in [0.05, 0.1) is 17.5 Å². The first-order valence-corrected chi connectivity index (χ1v) is 7.11. The van der Waals surface area contributed by atoms with E-state index in [1.807, 2.05) is 0 Å². The maximum absolute atomic E-state index is 5.79. The molecule has 0 aliphatic heterocycles. The Morgan fingerprint density at radius 1 is 1.32 bits per heavy atom. The van der Waals surface area contributed by atoms with Crippen molar-refractivity contribution in [2.45, 2.75) is 39.3 Å². The fraction of sp³-hybridized carbons (Fsp3) is 0.625. The molecule has 1 N–H and O–H groups in total. The molecule has 1 saturated carbocycles. The molecule has 0 saturated heterocycles. The van der Waals surface area contributed by atoms with E-state index < -0.39 is 0 Å². The van der Waals surface area contributed by atoms with Crippen molar-refractivity contribution < 1.29 is 4.74 Å². The van der Waals surface area contributed by atoms with E-state index in [1.54, 1.807) is 0 Å². The number of hydrogen-bond donors (Lipinski definition) is 1. The third kappa shape index (κ3) is 2.71. The van der Waals surface area contributed by atoms with Gasteiger partial charge in [0.2, 0.25) is 0 Å². The zero-order chi connectivity index (χ0) is 14.0. The highest BCUT2D eigenvalue weighted by atomic mass is 16.5. The smallest absolute Gasteiger partial charge is 0.0665 e.